The lowest BCUT2D eigenvalue weighted by Crippen LogP contribution is -2.58. The third-order valence-electron chi connectivity index (χ3n) is 4.64. The van der Waals surface area contributed by atoms with E-state index in [1.54, 1.807) is 8.61 Å². The average Bonchev–Trinajstić information content (AvgIpc) is 2.32. The van der Waals surface area contributed by atoms with Crippen LogP contribution in [0.25, 0.3) is 0 Å². The minimum absolute atomic E-state index is 0. The lowest BCUT2D eigenvalue weighted by atomic mass is 9.81. The lowest BCUT2D eigenvalue weighted by molar-refractivity contribution is 0.142. The van der Waals surface area contributed by atoms with E-state index < -0.39 is 10.2 Å². The predicted molar refractivity (Wildman–Crippen MR) is 84.1 cm³/mol. The highest BCUT2D eigenvalue weighted by Gasteiger charge is 2.41. The number of hydrogen-bond acceptors (Lipinski definition) is 3. The van der Waals surface area contributed by atoms with Gasteiger partial charge in [-0.15, -0.1) is 12.4 Å². The quantitative estimate of drug-likeness (QED) is 0.838. The number of halogens is 1. The molecule has 0 radical (unpaired) electrons. The van der Waals surface area contributed by atoms with Crippen LogP contribution < -0.4 is 5.73 Å². The summed E-state index contributed by atoms with van der Waals surface area (Å²) in [6.07, 6.45) is 3.81. The molecule has 0 amide bonds. The second-order valence-electron chi connectivity index (χ2n) is 6.68. The summed E-state index contributed by atoms with van der Waals surface area (Å²) >= 11 is 0. The van der Waals surface area contributed by atoms with Gasteiger partial charge in [-0.05, 0) is 31.6 Å². The number of hydrogen-bond donors (Lipinski definition) is 1. The van der Waals surface area contributed by atoms with Gasteiger partial charge in [0.15, 0.2) is 0 Å². The Morgan fingerprint density at radius 2 is 1.80 bits per heavy atom. The smallest absolute Gasteiger partial charge is 0.282 e. The molecule has 0 aromatic rings. The predicted octanol–water partition coefficient (Wildman–Crippen LogP) is 1.59. The molecule has 2 N–H and O–H groups in total. The van der Waals surface area contributed by atoms with E-state index >= 15 is 0 Å². The Bertz CT molecular complexity index is 427. The highest BCUT2D eigenvalue weighted by atomic mass is 35.5. The third kappa shape index (κ3) is 3.47. The van der Waals surface area contributed by atoms with Crippen molar-refractivity contribution in [1.82, 2.24) is 8.61 Å². The summed E-state index contributed by atoms with van der Waals surface area (Å²) in [6, 6.07) is 0.204. The van der Waals surface area contributed by atoms with Crippen LogP contribution in [0.5, 0.6) is 0 Å². The summed E-state index contributed by atoms with van der Waals surface area (Å²) in [7, 11) is -3.32. The Morgan fingerprint density at radius 1 is 1.15 bits per heavy atom. The fourth-order valence-corrected chi connectivity index (χ4v) is 5.13. The monoisotopic (exact) mass is 325 g/mol. The number of nitrogens with two attached hydrogens (primary N) is 1. The molecule has 2 fully saturated rings. The van der Waals surface area contributed by atoms with E-state index in [9.17, 15) is 8.42 Å². The van der Waals surface area contributed by atoms with Crippen LogP contribution in [0.15, 0.2) is 0 Å². The fraction of sp³-hybridized carbons (Fsp3) is 1.00. The molecule has 5 nitrogen and oxygen atoms in total. The van der Waals surface area contributed by atoms with Gasteiger partial charge in [0.2, 0.25) is 0 Å². The van der Waals surface area contributed by atoms with Crippen LogP contribution in [-0.2, 0) is 10.2 Å². The van der Waals surface area contributed by atoms with Crippen molar-refractivity contribution in [3.05, 3.63) is 0 Å². The molecule has 2 heterocycles. The summed E-state index contributed by atoms with van der Waals surface area (Å²) in [4.78, 5) is 0. The molecule has 0 bridgehead atoms. The van der Waals surface area contributed by atoms with E-state index in [0.717, 1.165) is 25.7 Å². The van der Waals surface area contributed by atoms with Gasteiger partial charge in [-0.3, -0.25) is 0 Å². The van der Waals surface area contributed by atoms with E-state index in [-0.39, 0.29) is 29.9 Å². The lowest BCUT2D eigenvalue weighted by Gasteiger charge is -2.44. The molecule has 2 aliphatic heterocycles. The Balaban J connectivity index is 0.00000200. The molecular weight excluding hydrogens is 298 g/mol. The molecule has 0 aliphatic carbocycles. The second kappa shape index (κ2) is 6.48. The molecule has 2 aliphatic rings. The minimum atomic E-state index is -3.32. The molecule has 0 saturated carbocycles. The van der Waals surface area contributed by atoms with Crippen molar-refractivity contribution in [1.29, 1.82) is 0 Å². The first-order valence-corrected chi connectivity index (χ1v) is 8.67. The van der Waals surface area contributed by atoms with Crippen molar-refractivity contribution in [3.63, 3.8) is 0 Å². The zero-order valence-electron chi connectivity index (χ0n) is 12.7. The van der Waals surface area contributed by atoms with Gasteiger partial charge in [0.25, 0.3) is 10.2 Å². The number of rotatable bonds is 2. The normalized spacial score (nSPS) is 32.6. The maximum Gasteiger partial charge on any atom is 0.282 e. The van der Waals surface area contributed by atoms with Gasteiger partial charge < -0.3 is 5.73 Å². The highest BCUT2D eigenvalue weighted by Crippen LogP contribution is 2.31. The van der Waals surface area contributed by atoms with Crippen molar-refractivity contribution >= 4 is 22.6 Å². The molecule has 2 atom stereocenters. The van der Waals surface area contributed by atoms with E-state index in [1.807, 2.05) is 6.92 Å². The first-order valence-electron chi connectivity index (χ1n) is 7.27. The number of piperidine rings is 2. The van der Waals surface area contributed by atoms with Gasteiger partial charge in [0.1, 0.15) is 0 Å². The number of nitrogens with zero attached hydrogens (tertiary/aromatic N) is 2. The summed E-state index contributed by atoms with van der Waals surface area (Å²) in [5, 5.41) is 0. The first-order chi connectivity index (χ1) is 8.75. The van der Waals surface area contributed by atoms with Crippen molar-refractivity contribution in [2.75, 3.05) is 19.6 Å². The second-order valence-corrected chi connectivity index (χ2v) is 8.56. The van der Waals surface area contributed by atoms with E-state index in [4.69, 9.17) is 5.73 Å². The van der Waals surface area contributed by atoms with Crippen LogP contribution in [0.3, 0.4) is 0 Å². The van der Waals surface area contributed by atoms with Crippen molar-refractivity contribution in [2.24, 2.45) is 11.1 Å². The Labute approximate surface area is 129 Å². The molecule has 20 heavy (non-hydrogen) atoms. The zero-order valence-corrected chi connectivity index (χ0v) is 14.3. The van der Waals surface area contributed by atoms with E-state index in [0.29, 0.717) is 19.6 Å². The molecule has 2 saturated heterocycles. The van der Waals surface area contributed by atoms with Crippen LogP contribution in [0.4, 0.5) is 0 Å². The fourth-order valence-electron chi connectivity index (χ4n) is 3.08. The summed E-state index contributed by atoms with van der Waals surface area (Å²) in [6.45, 7) is 7.86. The van der Waals surface area contributed by atoms with Crippen molar-refractivity contribution in [2.45, 2.75) is 58.5 Å². The summed E-state index contributed by atoms with van der Waals surface area (Å²) in [5.41, 5.74) is 5.94. The maximum atomic E-state index is 12.8. The Kier molecular flexibility index (Phi) is 5.89. The summed E-state index contributed by atoms with van der Waals surface area (Å²) < 4.78 is 28.8. The van der Waals surface area contributed by atoms with Gasteiger partial charge in [-0.1, -0.05) is 20.3 Å². The first kappa shape index (κ1) is 18.2. The van der Waals surface area contributed by atoms with Crippen LogP contribution in [0.1, 0.15) is 46.5 Å². The minimum Gasteiger partial charge on any atom is -0.327 e. The maximum absolute atomic E-state index is 12.8. The van der Waals surface area contributed by atoms with E-state index in [1.165, 1.54) is 0 Å². The molecule has 0 aromatic carbocycles. The SMILES string of the molecule is CC1CCCCN1S(=O)(=O)N1CCC(N)C(C)(C)C1.Cl. The van der Waals surface area contributed by atoms with Crippen LogP contribution in [0.2, 0.25) is 0 Å². The standard InChI is InChI=1S/C13H27N3O2S.ClH/c1-11-6-4-5-8-16(11)19(17,18)15-9-7-12(14)13(2,3)10-15;/h11-12H,4-10,14H2,1-3H3;1H. The molecule has 2 rings (SSSR count). The largest absolute Gasteiger partial charge is 0.327 e. The topological polar surface area (TPSA) is 66.6 Å². The molecular formula is C13H28ClN3O2S. The molecule has 0 spiro atoms. The molecule has 7 heteroatoms. The van der Waals surface area contributed by atoms with Crippen molar-refractivity contribution in [3.8, 4) is 0 Å². The molecule has 2 unspecified atom stereocenters. The third-order valence-corrected chi connectivity index (χ3v) is 6.74. The molecule has 120 valence electrons. The highest BCUT2D eigenvalue weighted by molar-refractivity contribution is 7.86. The van der Waals surface area contributed by atoms with Gasteiger partial charge in [-0.25, -0.2) is 0 Å². The van der Waals surface area contributed by atoms with Gasteiger partial charge >= 0.3 is 0 Å². The van der Waals surface area contributed by atoms with Crippen molar-refractivity contribution < 1.29 is 8.42 Å². The zero-order chi connectivity index (χ0) is 14.3. The van der Waals surface area contributed by atoms with Gasteiger partial charge in [-0.2, -0.15) is 17.0 Å². The van der Waals surface area contributed by atoms with Crippen LogP contribution in [-0.4, -0.2) is 48.7 Å². The van der Waals surface area contributed by atoms with E-state index in [2.05, 4.69) is 13.8 Å². The van der Waals surface area contributed by atoms with Gasteiger partial charge in [0, 0.05) is 31.7 Å². The Hall–Kier alpha value is 0.120. The Morgan fingerprint density at radius 3 is 2.35 bits per heavy atom. The average molecular weight is 326 g/mol. The molecule has 0 aromatic heterocycles. The van der Waals surface area contributed by atoms with Crippen LogP contribution in [0, 0.1) is 5.41 Å². The van der Waals surface area contributed by atoms with Gasteiger partial charge in [0.05, 0.1) is 0 Å². The summed E-state index contributed by atoms with van der Waals surface area (Å²) in [5.74, 6) is 0. The van der Waals surface area contributed by atoms with Crippen LogP contribution >= 0.6 is 12.4 Å².